The van der Waals surface area contributed by atoms with Crippen LogP contribution in [0, 0.1) is 34.5 Å². The van der Waals surface area contributed by atoms with Gasteiger partial charge in [0.1, 0.15) is 17.1 Å². The van der Waals surface area contributed by atoms with Crippen LogP contribution in [0.2, 0.25) is 0 Å². The molecule has 0 aromatic carbocycles. The van der Waals surface area contributed by atoms with Crippen molar-refractivity contribution in [2.75, 3.05) is 7.11 Å². The molecular weight excluding hydrogens is 408 g/mol. The number of cyclic esters (lactones) is 1. The van der Waals surface area contributed by atoms with Gasteiger partial charge in [0.05, 0.1) is 13.0 Å². The van der Waals surface area contributed by atoms with Crippen LogP contribution in [0.15, 0.2) is 36.0 Å². The third-order valence-corrected chi connectivity index (χ3v) is 7.89. The van der Waals surface area contributed by atoms with Crippen LogP contribution in [-0.4, -0.2) is 41.6 Å². The van der Waals surface area contributed by atoms with Gasteiger partial charge in [-0.2, -0.15) is 0 Å². The fourth-order valence-corrected chi connectivity index (χ4v) is 5.42. The number of rotatable bonds is 6. The lowest BCUT2D eigenvalue weighted by molar-refractivity contribution is -0.165. The van der Waals surface area contributed by atoms with Crippen molar-refractivity contribution in [3.05, 3.63) is 36.0 Å². The third kappa shape index (κ3) is 4.21. The molecule has 178 valence electrons. The first kappa shape index (κ1) is 26.0. The van der Waals surface area contributed by atoms with Gasteiger partial charge in [-0.25, -0.2) is 0 Å². The normalized spacial score (nSPS) is 38.7. The molecule has 0 aromatic rings. The van der Waals surface area contributed by atoms with Crippen LogP contribution >= 0.6 is 0 Å². The Balaban J connectivity index is 2.22. The molecule has 0 radical (unpaired) electrons. The van der Waals surface area contributed by atoms with Crippen molar-refractivity contribution in [3.63, 3.8) is 0 Å². The van der Waals surface area contributed by atoms with E-state index in [1.165, 1.54) is 7.11 Å². The number of hydrogen-bond acceptors (Lipinski definition) is 6. The smallest absolute Gasteiger partial charge is 0.315 e. The summed E-state index contributed by atoms with van der Waals surface area (Å²) in [5.41, 5.74) is -1.95. The van der Waals surface area contributed by atoms with E-state index in [1.54, 1.807) is 27.7 Å². The third-order valence-electron chi connectivity index (χ3n) is 7.89. The zero-order valence-corrected chi connectivity index (χ0v) is 20.8. The zero-order chi connectivity index (χ0) is 24.6. The number of carbonyl (C=O) groups is 3. The highest BCUT2D eigenvalue weighted by Gasteiger charge is 2.58. The number of methoxy groups -OCH3 is 1. The second kappa shape index (κ2) is 8.97. The quantitative estimate of drug-likeness (QED) is 0.489. The van der Waals surface area contributed by atoms with Crippen molar-refractivity contribution in [2.45, 2.75) is 67.1 Å². The standard InChI is InChI=1S/C26H38O6/c1-15(19-16(2)20(27)26(8,30)17(19)3)13-11-10-12-14-25(7)18(4)21(28)32-22(25)24(5,6)23(29)31-9/h10-14,16-19,22,30H,1-9H3/b11-10+,14-12+,15-13-/t16-,17+,18+,19-,22+,25-,26+/m1/s1. The van der Waals surface area contributed by atoms with Gasteiger partial charge >= 0.3 is 11.9 Å². The summed E-state index contributed by atoms with van der Waals surface area (Å²) in [5, 5.41) is 10.5. The number of carbonyl (C=O) groups excluding carboxylic acids is 3. The van der Waals surface area contributed by atoms with Gasteiger partial charge < -0.3 is 14.6 Å². The molecule has 0 aromatic heterocycles. The molecule has 1 aliphatic carbocycles. The Labute approximate surface area is 191 Å². The Morgan fingerprint density at radius 2 is 1.72 bits per heavy atom. The molecule has 0 bridgehead atoms. The summed E-state index contributed by atoms with van der Waals surface area (Å²) < 4.78 is 10.5. The molecular formula is C26H38O6. The van der Waals surface area contributed by atoms with Crippen LogP contribution in [0.1, 0.15) is 55.4 Å². The molecule has 0 unspecified atom stereocenters. The minimum Gasteiger partial charge on any atom is -0.468 e. The number of ketones is 1. The Morgan fingerprint density at radius 1 is 1.12 bits per heavy atom. The highest BCUT2D eigenvalue weighted by molar-refractivity contribution is 5.92. The van der Waals surface area contributed by atoms with E-state index in [4.69, 9.17) is 9.47 Å². The average Bonchev–Trinajstić information content (AvgIpc) is 3.04. The molecule has 1 N–H and O–H groups in total. The molecule has 1 saturated heterocycles. The minimum atomic E-state index is -1.30. The second-order valence-electron chi connectivity index (χ2n) is 10.4. The van der Waals surface area contributed by atoms with Gasteiger partial charge in [-0.1, -0.05) is 63.6 Å². The largest absolute Gasteiger partial charge is 0.468 e. The SMILES string of the molecule is COC(=O)C(C)(C)[C@@H]1OC(=O)[C@H](C)[C@@]1(C)/C=C/C=C/C=C(/C)[C@@H]1[C@@H](C)C(=O)[C@@](C)(O)[C@H]1C. The number of hydrogen-bond donors (Lipinski definition) is 1. The molecule has 1 aliphatic heterocycles. The molecule has 6 heteroatoms. The lowest BCUT2D eigenvalue weighted by Gasteiger charge is -2.37. The summed E-state index contributed by atoms with van der Waals surface area (Å²) in [5.74, 6) is -1.70. The molecule has 0 amide bonds. The molecule has 7 atom stereocenters. The fraction of sp³-hybridized carbons (Fsp3) is 0.654. The molecule has 1 heterocycles. The van der Waals surface area contributed by atoms with E-state index in [9.17, 15) is 19.5 Å². The Hall–Kier alpha value is -2.21. The maximum atomic E-state index is 12.4. The van der Waals surface area contributed by atoms with Gasteiger partial charge in [0.15, 0.2) is 5.78 Å². The van der Waals surface area contributed by atoms with E-state index < -0.39 is 34.4 Å². The van der Waals surface area contributed by atoms with Crippen molar-refractivity contribution >= 4 is 17.7 Å². The molecule has 32 heavy (non-hydrogen) atoms. The fourth-order valence-electron chi connectivity index (χ4n) is 5.42. The highest BCUT2D eigenvalue weighted by Crippen LogP contribution is 2.49. The number of aliphatic hydroxyl groups is 1. The van der Waals surface area contributed by atoms with E-state index in [-0.39, 0.29) is 29.5 Å². The zero-order valence-electron chi connectivity index (χ0n) is 20.8. The average molecular weight is 447 g/mol. The Bertz CT molecular complexity index is 862. The Morgan fingerprint density at radius 3 is 2.22 bits per heavy atom. The molecule has 1 saturated carbocycles. The monoisotopic (exact) mass is 446 g/mol. The molecule has 6 nitrogen and oxygen atoms in total. The van der Waals surface area contributed by atoms with Crippen LogP contribution in [0.25, 0.3) is 0 Å². The van der Waals surface area contributed by atoms with Crippen molar-refractivity contribution in [2.24, 2.45) is 34.5 Å². The number of Topliss-reactive ketones (excluding diaryl/α,β-unsaturated/α-hetero) is 1. The molecule has 0 spiro atoms. The number of allylic oxidation sites excluding steroid dienone is 5. The number of ether oxygens (including phenoxy) is 2. The van der Waals surface area contributed by atoms with E-state index in [2.05, 4.69) is 0 Å². The summed E-state index contributed by atoms with van der Waals surface area (Å²) in [7, 11) is 1.33. The molecule has 2 aliphatic rings. The highest BCUT2D eigenvalue weighted by atomic mass is 16.6. The summed E-state index contributed by atoms with van der Waals surface area (Å²) in [6.07, 6.45) is 8.80. The predicted molar refractivity (Wildman–Crippen MR) is 122 cm³/mol. The Kier molecular flexibility index (Phi) is 7.30. The van der Waals surface area contributed by atoms with Gasteiger partial charge in [0.25, 0.3) is 0 Å². The van der Waals surface area contributed by atoms with Gasteiger partial charge in [0, 0.05) is 11.3 Å². The first-order valence-electron chi connectivity index (χ1n) is 11.2. The lowest BCUT2D eigenvalue weighted by atomic mass is 9.66. The predicted octanol–water partition coefficient (Wildman–Crippen LogP) is 4.03. The van der Waals surface area contributed by atoms with Crippen molar-refractivity contribution in [1.29, 1.82) is 0 Å². The van der Waals surface area contributed by atoms with Crippen LogP contribution in [-0.2, 0) is 23.9 Å². The lowest BCUT2D eigenvalue weighted by Crippen LogP contribution is -2.46. The summed E-state index contributed by atoms with van der Waals surface area (Å²) in [6, 6.07) is 0. The van der Waals surface area contributed by atoms with E-state index in [0.29, 0.717) is 0 Å². The van der Waals surface area contributed by atoms with E-state index in [0.717, 1.165) is 5.57 Å². The summed E-state index contributed by atoms with van der Waals surface area (Å²) in [4.78, 5) is 37.0. The van der Waals surface area contributed by atoms with Crippen LogP contribution in [0.5, 0.6) is 0 Å². The summed E-state index contributed by atoms with van der Waals surface area (Å²) >= 11 is 0. The topological polar surface area (TPSA) is 89.9 Å². The van der Waals surface area contributed by atoms with Gasteiger partial charge in [-0.15, -0.1) is 0 Å². The van der Waals surface area contributed by atoms with Crippen LogP contribution in [0.3, 0.4) is 0 Å². The van der Waals surface area contributed by atoms with Crippen LogP contribution < -0.4 is 0 Å². The first-order valence-corrected chi connectivity index (χ1v) is 11.2. The minimum absolute atomic E-state index is 0.0187. The number of esters is 2. The van der Waals surface area contributed by atoms with E-state index >= 15 is 0 Å². The maximum absolute atomic E-state index is 12.4. The summed E-state index contributed by atoms with van der Waals surface area (Å²) in [6.45, 7) is 14.5. The van der Waals surface area contributed by atoms with E-state index in [1.807, 2.05) is 58.1 Å². The van der Waals surface area contributed by atoms with Crippen molar-refractivity contribution in [3.8, 4) is 0 Å². The van der Waals surface area contributed by atoms with Crippen LogP contribution in [0.4, 0.5) is 0 Å². The van der Waals surface area contributed by atoms with Crippen molar-refractivity contribution in [1.82, 2.24) is 0 Å². The second-order valence-corrected chi connectivity index (χ2v) is 10.4. The van der Waals surface area contributed by atoms with Gasteiger partial charge in [0.2, 0.25) is 0 Å². The molecule has 2 fully saturated rings. The first-order chi connectivity index (χ1) is 14.6. The van der Waals surface area contributed by atoms with Crippen molar-refractivity contribution < 1.29 is 29.0 Å². The van der Waals surface area contributed by atoms with Gasteiger partial charge in [-0.05, 0) is 39.5 Å². The maximum Gasteiger partial charge on any atom is 0.315 e. The van der Waals surface area contributed by atoms with Gasteiger partial charge in [-0.3, -0.25) is 14.4 Å². The molecule has 2 rings (SSSR count).